The van der Waals surface area contributed by atoms with Crippen LogP contribution in [0.5, 0.6) is 5.75 Å². The van der Waals surface area contributed by atoms with E-state index in [0.717, 1.165) is 24.3 Å². The molecule has 3 rings (SSSR count). The van der Waals surface area contributed by atoms with Gasteiger partial charge in [-0.1, -0.05) is 18.2 Å². The number of carbonyl (C=O) groups is 1. The smallest absolute Gasteiger partial charge is 0.343 e. The molecule has 0 bridgehead atoms. The van der Waals surface area contributed by atoms with Crippen molar-refractivity contribution in [1.29, 1.82) is 0 Å². The maximum absolute atomic E-state index is 13.8. The van der Waals surface area contributed by atoms with Crippen LogP contribution in [0.2, 0.25) is 0 Å². The summed E-state index contributed by atoms with van der Waals surface area (Å²) in [6.45, 7) is 0. The molecule has 0 aliphatic rings. The van der Waals surface area contributed by atoms with Crippen LogP contribution in [0.1, 0.15) is 15.9 Å². The van der Waals surface area contributed by atoms with Gasteiger partial charge in [0.25, 0.3) is 0 Å². The van der Waals surface area contributed by atoms with Gasteiger partial charge in [0.05, 0.1) is 5.56 Å². The van der Waals surface area contributed by atoms with Crippen LogP contribution >= 0.6 is 8.38 Å². The molecule has 12 heteroatoms. The predicted molar refractivity (Wildman–Crippen MR) is 90.4 cm³/mol. The number of alkyl halides is 2. The third-order valence-corrected chi connectivity index (χ3v) is 4.80. The summed E-state index contributed by atoms with van der Waals surface area (Å²) in [5, 5.41) is 0.304. The molecule has 3 aromatic rings. The van der Waals surface area contributed by atoms with Crippen molar-refractivity contribution in [3.63, 3.8) is 0 Å². The lowest BCUT2D eigenvalue weighted by molar-refractivity contribution is 0.0716. The van der Waals surface area contributed by atoms with Gasteiger partial charge in [0.1, 0.15) is 0 Å². The van der Waals surface area contributed by atoms with E-state index in [9.17, 15) is 35.5 Å². The summed E-state index contributed by atoms with van der Waals surface area (Å²) >= 11 is 0. The van der Waals surface area contributed by atoms with Crippen molar-refractivity contribution in [2.45, 2.75) is 5.66 Å². The maximum atomic E-state index is 13.8. The molecule has 0 unspecified atom stereocenters. The van der Waals surface area contributed by atoms with E-state index in [0.29, 0.717) is 5.39 Å². The van der Waals surface area contributed by atoms with E-state index in [2.05, 4.69) is 4.74 Å². The second kappa shape index (κ2) is 7.82. The number of rotatable bonds is 4. The molecular formula is C18H8F7O4P. The summed E-state index contributed by atoms with van der Waals surface area (Å²) in [7, 11) is -3.66. The summed E-state index contributed by atoms with van der Waals surface area (Å²) in [6, 6.07) is 6.23. The molecule has 0 radical (unpaired) electrons. The molecule has 0 aromatic heterocycles. The first-order valence-corrected chi connectivity index (χ1v) is 9.03. The molecule has 30 heavy (non-hydrogen) atoms. The van der Waals surface area contributed by atoms with Crippen molar-refractivity contribution < 1.29 is 50.1 Å². The van der Waals surface area contributed by atoms with Crippen LogP contribution in [-0.4, -0.2) is 15.8 Å². The monoisotopic (exact) mass is 452 g/mol. The Bertz CT molecular complexity index is 1140. The van der Waals surface area contributed by atoms with Crippen LogP contribution in [-0.2, 0) is 5.66 Å². The number of hydrogen-bond donors (Lipinski definition) is 2. The fourth-order valence-corrected chi connectivity index (χ4v) is 2.87. The molecule has 0 fully saturated rings. The van der Waals surface area contributed by atoms with Crippen molar-refractivity contribution in [3.05, 3.63) is 76.6 Å². The normalized spacial score (nSPS) is 11.9. The number of esters is 1. The van der Waals surface area contributed by atoms with Gasteiger partial charge in [0, 0.05) is 5.56 Å². The first-order chi connectivity index (χ1) is 13.9. The Labute approximate surface area is 164 Å². The van der Waals surface area contributed by atoms with Crippen molar-refractivity contribution >= 4 is 25.1 Å². The van der Waals surface area contributed by atoms with E-state index in [1.54, 1.807) is 0 Å². The average Bonchev–Trinajstić information content (AvgIpc) is 2.72. The number of hydrogen-bond acceptors (Lipinski definition) is 4. The fourth-order valence-electron chi connectivity index (χ4n) is 2.50. The quantitative estimate of drug-likeness (QED) is 0.144. The van der Waals surface area contributed by atoms with E-state index in [-0.39, 0.29) is 5.39 Å². The van der Waals surface area contributed by atoms with Crippen LogP contribution < -0.4 is 4.74 Å². The highest BCUT2D eigenvalue weighted by Crippen LogP contribution is 2.52. The minimum Gasteiger partial charge on any atom is -0.416 e. The molecule has 158 valence electrons. The molecule has 0 amide bonds. The van der Waals surface area contributed by atoms with Crippen molar-refractivity contribution in [1.82, 2.24) is 0 Å². The Morgan fingerprint density at radius 2 is 1.33 bits per heavy atom. The third-order valence-electron chi connectivity index (χ3n) is 4.04. The first kappa shape index (κ1) is 21.9. The lowest BCUT2D eigenvalue weighted by Gasteiger charge is -2.17. The highest BCUT2D eigenvalue weighted by molar-refractivity contribution is 7.46. The number of carbonyl (C=O) groups excluding carboxylic acids is 1. The van der Waals surface area contributed by atoms with E-state index >= 15 is 0 Å². The molecule has 0 saturated heterocycles. The van der Waals surface area contributed by atoms with Crippen molar-refractivity contribution in [2.24, 2.45) is 0 Å². The summed E-state index contributed by atoms with van der Waals surface area (Å²) in [5.74, 6) is -15.1. The van der Waals surface area contributed by atoms with Crippen molar-refractivity contribution in [2.75, 3.05) is 0 Å². The Morgan fingerprint density at radius 3 is 1.90 bits per heavy atom. The minimum absolute atomic E-state index is 0.0177. The summed E-state index contributed by atoms with van der Waals surface area (Å²) in [4.78, 5) is 29.9. The van der Waals surface area contributed by atoms with Crippen molar-refractivity contribution in [3.8, 4) is 5.75 Å². The zero-order chi connectivity index (χ0) is 22.4. The van der Waals surface area contributed by atoms with Gasteiger partial charge >= 0.3 is 11.6 Å². The lowest BCUT2D eigenvalue weighted by Crippen LogP contribution is -2.14. The molecule has 2 N–H and O–H groups in total. The molecule has 3 aromatic carbocycles. The highest BCUT2D eigenvalue weighted by atomic mass is 31.2. The SMILES string of the molecule is O=C(Oc1c(F)c(F)c(F)c(F)c1F)c1ccc2ccc(C(F)(F)P(O)O)cc2c1. The molecule has 0 atom stereocenters. The Morgan fingerprint density at radius 1 is 0.800 bits per heavy atom. The number of fused-ring (bicyclic) bond motifs is 1. The summed E-state index contributed by atoms with van der Waals surface area (Å²) < 4.78 is 98.7. The Hall–Kier alpha value is -2.75. The van der Waals surface area contributed by atoms with Gasteiger partial charge in [0.2, 0.25) is 43.2 Å². The molecule has 0 heterocycles. The highest BCUT2D eigenvalue weighted by Gasteiger charge is 2.41. The summed E-state index contributed by atoms with van der Waals surface area (Å²) in [6.07, 6.45) is 0. The fraction of sp³-hybridized carbons (Fsp3) is 0.0556. The molecule has 0 spiro atoms. The topological polar surface area (TPSA) is 66.8 Å². The van der Waals surface area contributed by atoms with Gasteiger partial charge in [0.15, 0.2) is 0 Å². The van der Waals surface area contributed by atoms with Gasteiger partial charge in [-0.15, -0.1) is 0 Å². The van der Waals surface area contributed by atoms with Crippen LogP contribution in [0.25, 0.3) is 10.8 Å². The van der Waals surface area contributed by atoms with Gasteiger partial charge in [-0.25, -0.2) is 18.0 Å². The second-order valence-corrected chi connectivity index (χ2v) is 7.04. The van der Waals surface area contributed by atoms with Gasteiger partial charge < -0.3 is 14.5 Å². The van der Waals surface area contributed by atoms with Crippen LogP contribution in [0.15, 0.2) is 36.4 Å². The minimum atomic E-state index is -3.98. The van der Waals surface area contributed by atoms with E-state index in [1.165, 1.54) is 12.1 Å². The molecule has 0 saturated carbocycles. The second-order valence-electron chi connectivity index (χ2n) is 5.90. The van der Waals surface area contributed by atoms with Crippen LogP contribution in [0.3, 0.4) is 0 Å². The lowest BCUT2D eigenvalue weighted by atomic mass is 10.0. The Kier molecular flexibility index (Phi) is 5.72. The van der Waals surface area contributed by atoms with E-state index < -0.39 is 66.0 Å². The number of ether oxygens (including phenoxy) is 1. The zero-order valence-corrected chi connectivity index (χ0v) is 15.2. The van der Waals surface area contributed by atoms with Gasteiger partial charge in [-0.2, -0.15) is 17.6 Å². The average molecular weight is 452 g/mol. The molecule has 0 aliphatic carbocycles. The molecular weight excluding hydrogens is 444 g/mol. The maximum Gasteiger partial charge on any atom is 0.343 e. The van der Waals surface area contributed by atoms with Gasteiger partial charge in [-0.05, 0) is 29.0 Å². The standard InChI is InChI=1S/C18H8F7O4P/c19-11-12(20)14(22)16(15(23)13(11)21)29-17(26)8-2-1-7-3-4-10(6-9(7)5-8)18(24,25)30(27)28/h1-6,27-28H. The third kappa shape index (κ3) is 3.71. The number of halogens is 7. The Balaban J connectivity index is 2.01. The molecule has 4 nitrogen and oxygen atoms in total. The van der Waals surface area contributed by atoms with E-state index in [1.807, 2.05) is 0 Å². The van der Waals surface area contributed by atoms with Crippen LogP contribution in [0.4, 0.5) is 30.7 Å². The molecule has 0 aliphatic heterocycles. The van der Waals surface area contributed by atoms with E-state index in [4.69, 9.17) is 9.79 Å². The largest absolute Gasteiger partial charge is 0.416 e. The van der Waals surface area contributed by atoms with Crippen LogP contribution in [0, 0.1) is 29.1 Å². The number of benzene rings is 3. The predicted octanol–water partition coefficient (Wildman–Crippen LogP) is 5.10. The van der Waals surface area contributed by atoms with Gasteiger partial charge in [-0.3, -0.25) is 0 Å². The zero-order valence-electron chi connectivity index (χ0n) is 14.3. The summed E-state index contributed by atoms with van der Waals surface area (Å²) in [5.41, 5.74) is -5.21. The first-order valence-electron chi connectivity index (χ1n) is 7.78.